The molecule has 0 saturated carbocycles. The fourth-order valence-corrected chi connectivity index (χ4v) is 1.66. The fraction of sp³-hybridized carbons (Fsp3) is 0.538. The smallest absolute Gasteiger partial charge is 0.299 e. The van der Waals surface area contributed by atoms with Crippen LogP contribution in [-0.2, 0) is 6.42 Å². The molecule has 2 N–H and O–H groups in total. The van der Waals surface area contributed by atoms with E-state index in [0.29, 0.717) is 11.0 Å². The molecule has 0 radical (unpaired) electrons. The Labute approximate surface area is 157 Å². The molecule has 0 aliphatic heterocycles. The average molecular weight is 320 g/mol. The van der Waals surface area contributed by atoms with Gasteiger partial charge in [-0.05, 0) is 12.1 Å². The summed E-state index contributed by atoms with van der Waals surface area (Å²) in [6, 6.07) is 3.21. The van der Waals surface area contributed by atoms with Crippen molar-refractivity contribution in [3.63, 3.8) is 0 Å². The molecule has 94 valence electrons. The maximum atomic E-state index is 11.6. The van der Waals surface area contributed by atoms with E-state index in [1.165, 1.54) is 0 Å². The number of aryl methyl sites for hydroxylation is 1. The van der Waals surface area contributed by atoms with E-state index in [1.54, 1.807) is 0 Å². The molecule has 0 bridgehead atoms. The van der Waals surface area contributed by atoms with Crippen molar-refractivity contribution >= 4 is 11.0 Å². The van der Waals surface area contributed by atoms with Gasteiger partial charge >= 0.3 is 58.2 Å². The summed E-state index contributed by atoms with van der Waals surface area (Å²) in [6.45, 7) is 10.1. The summed E-state index contributed by atoms with van der Waals surface area (Å²) in [7, 11) is 0. The molecule has 0 saturated heterocycles. The molecule has 0 atom stereocenters. The first-order valence-electron chi connectivity index (χ1n) is 6.16. The Bertz CT molecular complexity index is 543. The summed E-state index contributed by atoms with van der Waals surface area (Å²) in [5.74, 6) is 0.276. The number of H-pyrrole nitrogens is 2. The Kier molecular flexibility index (Phi) is 8.51. The largest absolute Gasteiger partial charge is 1.00 e. The number of nitrogens with one attached hydrogen (secondary N) is 2. The van der Waals surface area contributed by atoms with Gasteiger partial charge in [0.2, 0.25) is 0 Å². The summed E-state index contributed by atoms with van der Waals surface area (Å²) in [5, 5.41) is 5.99. The van der Waals surface area contributed by atoms with Gasteiger partial charge in [0.1, 0.15) is 0 Å². The number of fused-ring (bicyclic) bond motifs is 1. The third-order valence-electron chi connectivity index (χ3n) is 2.47. The molecule has 2 aromatic rings. The van der Waals surface area contributed by atoms with Crippen molar-refractivity contribution in [1.29, 1.82) is 0 Å². The monoisotopic (exact) mass is 319 g/mol. The normalized spacial score (nSPS) is 9.89. The number of rotatable bonds is 2. The Morgan fingerprint density at radius 3 is 2.39 bits per heavy atom. The molecular weight excluding hydrogens is 300 g/mol. The standard InChI is InChI=1S/C11H14N3O.C2H6.Rb/c1-4-7-5-8(6(2)3)9-10(12-7)13-14-11(9)15;1-2;/h6H,4H2,1-3H3,(H2,12,13,14,15);1-2H3;/q-1;;+1. The van der Waals surface area contributed by atoms with Crippen LogP contribution in [0.4, 0.5) is 0 Å². The number of aromatic nitrogens is 3. The number of pyridine rings is 1. The molecule has 4 nitrogen and oxygen atoms in total. The number of hydrogen-bond acceptors (Lipinski definition) is 2. The number of hydrogen-bond donors (Lipinski definition) is 2. The maximum absolute atomic E-state index is 11.6. The van der Waals surface area contributed by atoms with Crippen molar-refractivity contribution < 1.29 is 58.2 Å². The minimum atomic E-state index is -0.111. The van der Waals surface area contributed by atoms with Crippen molar-refractivity contribution in [3.05, 3.63) is 27.7 Å². The molecule has 0 amide bonds. The molecule has 0 aromatic carbocycles. The zero-order valence-electron chi connectivity index (χ0n) is 12.1. The van der Waals surface area contributed by atoms with Gasteiger partial charge in [0.05, 0.1) is 5.65 Å². The van der Waals surface area contributed by atoms with Gasteiger partial charge < -0.3 is 0 Å². The third-order valence-corrected chi connectivity index (χ3v) is 2.47. The van der Waals surface area contributed by atoms with Crippen LogP contribution in [0.25, 0.3) is 11.0 Å². The Balaban J connectivity index is 0.000000917. The minimum absolute atomic E-state index is 0. The second kappa shape index (κ2) is 8.41. The SMILES string of the molecule is CC.CCc1[c-]c(C(C)C)c2c(=O)[nH][nH]c2n1.[Rb+]. The van der Waals surface area contributed by atoms with Crippen LogP contribution in [0.2, 0.25) is 0 Å². The molecule has 2 heterocycles. The van der Waals surface area contributed by atoms with Crippen LogP contribution in [0.3, 0.4) is 0 Å². The maximum Gasteiger partial charge on any atom is 1.00 e. The minimum Gasteiger partial charge on any atom is -0.299 e. The predicted octanol–water partition coefficient (Wildman–Crippen LogP) is -0.233. The van der Waals surface area contributed by atoms with E-state index in [-0.39, 0.29) is 69.7 Å². The van der Waals surface area contributed by atoms with Crippen molar-refractivity contribution in [2.24, 2.45) is 0 Å². The van der Waals surface area contributed by atoms with Gasteiger partial charge in [-0.1, -0.05) is 45.9 Å². The van der Waals surface area contributed by atoms with Crippen LogP contribution >= 0.6 is 0 Å². The van der Waals surface area contributed by atoms with Crippen LogP contribution in [0.15, 0.2) is 4.79 Å². The van der Waals surface area contributed by atoms with Crippen LogP contribution in [-0.4, -0.2) is 15.2 Å². The Hall–Kier alpha value is 0.225. The zero-order chi connectivity index (χ0) is 13.0. The molecular formula is C13H20N3ORb. The van der Waals surface area contributed by atoms with Gasteiger partial charge in [-0.3, -0.25) is 20.0 Å². The zero-order valence-corrected chi connectivity index (χ0v) is 17.1. The first-order valence-corrected chi connectivity index (χ1v) is 6.16. The third kappa shape index (κ3) is 3.86. The molecule has 0 aliphatic carbocycles. The summed E-state index contributed by atoms with van der Waals surface area (Å²) >= 11 is 0. The van der Waals surface area contributed by atoms with E-state index >= 15 is 0 Å². The van der Waals surface area contributed by atoms with Gasteiger partial charge in [-0.25, -0.2) is 6.07 Å². The molecule has 18 heavy (non-hydrogen) atoms. The number of nitrogens with zero attached hydrogens (tertiary/aromatic N) is 1. The van der Waals surface area contributed by atoms with Crippen molar-refractivity contribution in [2.45, 2.75) is 47.0 Å². The van der Waals surface area contributed by atoms with Crippen molar-refractivity contribution in [2.75, 3.05) is 0 Å². The predicted molar refractivity (Wildman–Crippen MR) is 70.4 cm³/mol. The fourth-order valence-electron chi connectivity index (χ4n) is 1.66. The summed E-state index contributed by atoms with van der Waals surface area (Å²) < 4.78 is 0. The van der Waals surface area contributed by atoms with Gasteiger partial charge in [0.25, 0.3) is 0 Å². The van der Waals surface area contributed by atoms with Gasteiger partial charge in [-0.2, -0.15) is 5.56 Å². The first-order chi connectivity index (χ1) is 8.13. The molecule has 0 fully saturated rings. The van der Waals surface area contributed by atoms with E-state index in [9.17, 15) is 4.79 Å². The second-order valence-electron chi connectivity index (χ2n) is 3.91. The molecule has 5 heteroatoms. The second-order valence-corrected chi connectivity index (χ2v) is 3.91. The summed E-state index contributed by atoms with van der Waals surface area (Å²) in [5.41, 5.74) is 2.36. The first kappa shape index (κ1) is 18.2. The Morgan fingerprint density at radius 1 is 1.28 bits per heavy atom. The molecule has 0 spiro atoms. The summed E-state index contributed by atoms with van der Waals surface area (Å²) in [6.07, 6.45) is 0.822. The van der Waals surface area contributed by atoms with Crippen molar-refractivity contribution in [1.82, 2.24) is 15.2 Å². The van der Waals surface area contributed by atoms with Gasteiger partial charge in [0, 0.05) is 0 Å². The molecule has 0 unspecified atom stereocenters. The van der Waals surface area contributed by atoms with E-state index in [4.69, 9.17) is 0 Å². The Morgan fingerprint density at radius 2 is 1.89 bits per heavy atom. The van der Waals surface area contributed by atoms with E-state index in [1.807, 2.05) is 20.8 Å². The van der Waals surface area contributed by atoms with Crippen LogP contribution in [0.1, 0.15) is 51.8 Å². The van der Waals surface area contributed by atoms with Crippen LogP contribution < -0.4 is 63.7 Å². The molecule has 2 rings (SSSR count). The molecule has 2 aromatic heterocycles. The van der Waals surface area contributed by atoms with Gasteiger partial charge in [0.15, 0.2) is 5.56 Å². The van der Waals surface area contributed by atoms with Crippen molar-refractivity contribution in [3.8, 4) is 0 Å². The van der Waals surface area contributed by atoms with E-state index < -0.39 is 0 Å². The average Bonchev–Trinajstić information content (AvgIpc) is 2.72. The molecule has 0 aliphatic rings. The topological polar surface area (TPSA) is 61.5 Å². The van der Waals surface area contributed by atoms with Gasteiger partial charge in [-0.15, -0.1) is 0 Å². The van der Waals surface area contributed by atoms with Crippen LogP contribution in [0, 0.1) is 6.07 Å². The van der Waals surface area contributed by atoms with E-state index in [0.717, 1.165) is 17.7 Å². The van der Waals surface area contributed by atoms with Crippen LogP contribution in [0.5, 0.6) is 0 Å². The quantitative estimate of drug-likeness (QED) is 0.751. The summed E-state index contributed by atoms with van der Waals surface area (Å²) in [4.78, 5) is 15.9. The number of aromatic amines is 2. The van der Waals surface area contributed by atoms with E-state index in [2.05, 4.69) is 35.1 Å².